The number of hydrogen-bond donors (Lipinski definition) is 2. The number of thiocarbonyl (C=S) groups is 1. The molecule has 0 spiro atoms. The molecule has 0 heterocycles. The Morgan fingerprint density at radius 2 is 1.95 bits per heavy atom. The van der Waals surface area contributed by atoms with Crippen molar-refractivity contribution < 1.29 is 4.74 Å². The molecule has 0 aliphatic heterocycles. The Balaban J connectivity index is 1.99. The third kappa shape index (κ3) is 4.34. The van der Waals surface area contributed by atoms with Gasteiger partial charge in [-0.15, -0.1) is 0 Å². The molecule has 0 bridgehead atoms. The van der Waals surface area contributed by atoms with Crippen molar-refractivity contribution in [1.82, 2.24) is 0 Å². The predicted octanol–water partition coefficient (Wildman–Crippen LogP) is 3.64. The molecule has 110 valence electrons. The highest BCUT2D eigenvalue weighted by Gasteiger charge is 2.05. The number of hydrogen-bond acceptors (Lipinski definition) is 3. The fraction of sp³-hybridized carbons (Fsp3) is 0.188. The molecule has 0 radical (unpaired) electrons. The van der Waals surface area contributed by atoms with Crippen LogP contribution in [0.5, 0.6) is 5.75 Å². The van der Waals surface area contributed by atoms with E-state index in [1.54, 1.807) is 13.2 Å². The lowest BCUT2D eigenvalue weighted by molar-refractivity contribution is 0.414. The van der Waals surface area contributed by atoms with Gasteiger partial charge in [0.05, 0.1) is 7.11 Å². The van der Waals surface area contributed by atoms with Gasteiger partial charge in [-0.05, 0) is 42.3 Å². The van der Waals surface area contributed by atoms with Crippen LogP contribution in [-0.4, -0.2) is 18.6 Å². The number of methoxy groups -OCH3 is 1. The number of ether oxygens (including phenoxy) is 1. The maximum Gasteiger partial charge on any atom is 0.118 e. The maximum atomic E-state index is 6.01. The summed E-state index contributed by atoms with van der Waals surface area (Å²) in [5.41, 5.74) is 8.61. The van der Waals surface area contributed by atoms with E-state index in [4.69, 9.17) is 34.3 Å². The molecule has 0 atom stereocenters. The zero-order chi connectivity index (χ0) is 15.2. The molecule has 0 saturated heterocycles. The van der Waals surface area contributed by atoms with Crippen molar-refractivity contribution in [3.05, 3.63) is 58.6 Å². The number of nitrogens with two attached hydrogens (primary N) is 1. The molecule has 2 aromatic carbocycles. The van der Waals surface area contributed by atoms with Gasteiger partial charge < -0.3 is 15.8 Å². The fourth-order valence-corrected chi connectivity index (χ4v) is 2.36. The smallest absolute Gasteiger partial charge is 0.118 e. The van der Waals surface area contributed by atoms with E-state index >= 15 is 0 Å². The summed E-state index contributed by atoms with van der Waals surface area (Å²) in [4.78, 5) is 0.360. The normalized spacial score (nSPS) is 10.2. The monoisotopic (exact) mass is 320 g/mol. The van der Waals surface area contributed by atoms with Crippen LogP contribution in [0, 0.1) is 0 Å². The highest BCUT2D eigenvalue weighted by Crippen LogP contribution is 2.21. The first-order valence-corrected chi connectivity index (χ1v) is 7.35. The van der Waals surface area contributed by atoms with Gasteiger partial charge in [-0.2, -0.15) is 0 Å². The summed E-state index contributed by atoms with van der Waals surface area (Å²) in [5, 5.41) is 3.98. The molecule has 3 N–H and O–H groups in total. The highest BCUT2D eigenvalue weighted by molar-refractivity contribution is 7.80. The van der Waals surface area contributed by atoms with E-state index in [0.29, 0.717) is 10.0 Å². The summed E-state index contributed by atoms with van der Waals surface area (Å²) in [6.45, 7) is 0.766. The van der Waals surface area contributed by atoms with Crippen molar-refractivity contribution >= 4 is 34.5 Å². The van der Waals surface area contributed by atoms with E-state index in [9.17, 15) is 0 Å². The molecule has 0 fully saturated rings. The topological polar surface area (TPSA) is 47.3 Å². The molecule has 21 heavy (non-hydrogen) atoms. The minimum absolute atomic E-state index is 0.360. The second kappa shape index (κ2) is 7.29. The predicted molar refractivity (Wildman–Crippen MR) is 92.5 cm³/mol. The molecule has 0 amide bonds. The number of anilines is 1. The molecule has 0 aliphatic carbocycles. The van der Waals surface area contributed by atoms with E-state index in [0.717, 1.165) is 30.0 Å². The number of nitrogens with one attached hydrogen (secondary N) is 1. The Kier molecular flexibility index (Phi) is 5.42. The standard InChI is InChI=1S/C16H17ClN2OS/c1-20-13-5-2-11(3-6-13)8-9-19-15-10-12(17)4-7-14(15)16(18)21/h2-7,10,19H,8-9H2,1H3,(H2,18,21). The lowest BCUT2D eigenvalue weighted by Gasteiger charge is -2.12. The third-order valence-corrected chi connectivity index (χ3v) is 3.59. The van der Waals surface area contributed by atoms with Gasteiger partial charge in [0.2, 0.25) is 0 Å². The van der Waals surface area contributed by atoms with Gasteiger partial charge in [-0.25, -0.2) is 0 Å². The zero-order valence-electron chi connectivity index (χ0n) is 11.7. The van der Waals surface area contributed by atoms with Crippen molar-refractivity contribution in [1.29, 1.82) is 0 Å². The minimum Gasteiger partial charge on any atom is -0.497 e. The van der Waals surface area contributed by atoms with Gasteiger partial charge in [0.25, 0.3) is 0 Å². The lowest BCUT2D eigenvalue weighted by atomic mass is 10.1. The Morgan fingerprint density at radius 1 is 1.24 bits per heavy atom. The van der Waals surface area contributed by atoms with Crippen LogP contribution < -0.4 is 15.8 Å². The summed E-state index contributed by atoms with van der Waals surface area (Å²) < 4.78 is 5.14. The summed E-state index contributed by atoms with van der Waals surface area (Å²) in [7, 11) is 1.66. The van der Waals surface area contributed by atoms with Gasteiger partial charge in [0.15, 0.2) is 0 Å². The average molecular weight is 321 g/mol. The van der Waals surface area contributed by atoms with Crippen molar-refractivity contribution in [2.24, 2.45) is 5.73 Å². The van der Waals surface area contributed by atoms with Crippen LogP contribution in [0.25, 0.3) is 0 Å². The van der Waals surface area contributed by atoms with Gasteiger partial charge in [0, 0.05) is 22.8 Å². The Bertz CT molecular complexity index is 629. The van der Waals surface area contributed by atoms with Crippen LogP contribution in [0.2, 0.25) is 5.02 Å². The van der Waals surface area contributed by atoms with Crippen LogP contribution in [0.3, 0.4) is 0 Å². The van der Waals surface area contributed by atoms with E-state index in [-0.39, 0.29) is 0 Å². The molecule has 2 rings (SSSR count). The van der Waals surface area contributed by atoms with Crippen molar-refractivity contribution in [3.63, 3.8) is 0 Å². The Morgan fingerprint density at radius 3 is 2.57 bits per heavy atom. The molecule has 0 aliphatic rings. The summed E-state index contributed by atoms with van der Waals surface area (Å²) in [5.74, 6) is 0.859. The molecule has 2 aromatic rings. The van der Waals surface area contributed by atoms with E-state index in [2.05, 4.69) is 5.32 Å². The van der Waals surface area contributed by atoms with E-state index < -0.39 is 0 Å². The SMILES string of the molecule is COc1ccc(CCNc2cc(Cl)ccc2C(N)=S)cc1. The molecule has 5 heteroatoms. The minimum atomic E-state index is 0.360. The lowest BCUT2D eigenvalue weighted by Crippen LogP contribution is -2.14. The first-order chi connectivity index (χ1) is 10.1. The van der Waals surface area contributed by atoms with Crippen LogP contribution >= 0.6 is 23.8 Å². The molecule has 0 unspecified atom stereocenters. The van der Waals surface area contributed by atoms with E-state index in [1.165, 1.54) is 5.56 Å². The highest BCUT2D eigenvalue weighted by atomic mass is 35.5. The van der Waals surface area contributed by atoms with Crippen LogP contribution in [0.4, 0.5) is 5.69 Å². The van der Waals surface area contributed by atoms with Gasteiger partial charge in [0.1, 0.15) is 10.7 Å². The first kappa shape index (κ1) is 15.6. The molecule has 0 saturated carbocycles. The Labute approximate surface area is 135 Å². The largest absolute Gasteiger partial charge is 0.497 e. The average Bonchev–Trinajstić information content (AvgIpc) is 2.48. The molecule has 0 aromatic heterocycles. The van der Waals surface area contributed by atoms with Gasteiger partial charge >= 0.3 is 0 Å². The Hall–Kier alpha value is -1.78. The van der Waals surface area contributed by atoms with E-state index in [1.807, 2.05) is 36.4 Å². The molecule has 3 nitrogen and oxygen atoms in total. The second-order valence-electron chi connectivity index (χ2n) is 4.58. The maximum absolute atomic E-state index is 6.01. The summed E-state index contributed by atoms with van der Waals surface area (Å²) in [6, 6.07) is 13.5. The van der Waals surface area contributed by atoms with Crippen molar-refractivity contribution in [3.8, 4) is 5.75 Å². The van der Waals surface area contributed by atoms with Crippen LogP contribution in [0.1, 0.15) is 11.1 Å². The van der Waals surface area contributed by atoms with Gasteiger partial charge in [-0.1, -0.05) is 36.0 Å². The summed E-state index contributed by atoms with van der Waals surface area (Å²) in [6.07, 6.45) is 0.882. The summed E-state index contributed by atoms with van der Waals surface area (Å²) >= 11 is 11.1. The van der Waals surface area contributed by atoms with Crippen molar-refractivity contribution in [2.45, 2.75) is 6.42 Å². The molecular formula is C16H17ClN2OS. The van der Waals surface area contributed by atoms with Gasteiger partial charge in [-0.3, -0.25) is 0 Å². The number of halogens is 1. The number of benzene rings is 2. The van der Waals surface area contributed by atoms with Crippen LogP contribution in [0.15, 0.2) is 42.5 Å². The first-order valence-electron chi connectivity index (χ1n) is 6.56. The molecular weight excluding hydrogens is 304 g/mol. The van der Waals surface area contributed by atoms with Crippen molar-refractivity contribution in [2.75, 3.05) is 19.0 Å². The number of rotatable bonds is 6. The van der Waals surface area contributed by atoms with Crippen LogP contribution in [-0.2, 0) is 6.42 Å². The fourth-order valence-electron chi connectivity index (χ4n) is 2.01. The quantitative estimate of drug-likeness (QED) is 0.798. The zero-order valence-corrected chi connectivity index (χ0v) is 13.3. The third-order valence-electron chi connectivity index (χ3n) is 3.14. The second-order valence-corrected chi connectivity index (χ2v) is 5.46.